The van der Waals surface area contributed by atoms with Gasteiger partial charge in [0.15, 0.2) is 0 Å². The monoisotopic (exact) mass is 262 g/mol. The average Bonchev–Trinajstić information content (AvgIpc) is 2.97. The normalized spacial score (nSPS) is 18.5. The lowest BCUT2D eigenvalue weighted by molar-refractivity contribution is 0.000590. The van der Waals surface area contributed by atoms with Crippen molar-refractivity contribution in [1.82, 2.24) is 29.9 Å². The largest absolute Gasteiger partial charge is 0.369 e. The van der Waals surface area contributed by atoms with Crippen molar-refractivity contribution in [3.63, 3.8) is 0 Å². The topological polar surface area (TPSA) is 69.8 Å². The Balaban J connectivity index is 1.51. The zero-order chi connectivity index (χ0) is 13.2. The Kier molecular flexibility index (Phi) is 3.31. The van der Waals surface area contributed by atoms with Crippen LogP contribution in [-0.4, -0.2) is 37.2 Å². The molecule has 3 rings (SSSR count). The van der Waals surface area contributed by atoms with Gasteiger partial charge in [-0.2, -0.15) is 0 Å². The van der Waals surface area contributed by atoms with Crippen LogP contribution in [0.3, 0.4) is 0 Å². The standard InChI is InChI=1S/C12H18N6O/c1-9-11-8-19-10(7-18(11)16-15-9)5-13-6-12-14-3-4-17(12)2/h3-4,10,13H,5-8H2,1-2H3. The molecule has 19 heavy (non-hydrogen) atoms. The van der Waals surface area contributed by atoms with Gasteiger partial charge in [-0.25, -0.2) is 9.67 Å². The highest BCUT2D eigenvalue weighted by atomic mass is 16.5. The van der Waals surface area contributed by atoms with E-state index < -0.39 is 0 Å². The number of aryl methyl sites for hydroxylation is 2. The first-order chi connectivity index (χ1) is 9.24. The lowest BCUT2D eigenvalue weighted by Crippen LogP contribution is -2.36. The molecule has 2 aromatic rings. The van der Waals surface area contributed by atoms with Crippen molar-refractivity contribution >= 4 is 0 Å². The molecule has 1 atom stereocenters. The summed E-state index contributed by atoms with van der Waals surface area (Å²) in [5.74, 6) is 1.02. The van der Waals surface area contributed by atoms with E-state index in [1.807, 2.05) is 29.4 Å². The molecule has 3 heterocycles. The van der Waals surface area contributed by atoms with E-state index in [0.29, 0.717) is 6.61 Å². The van der Waals surface area contributed by atoms with Gasteiger partial charge in [0.2, 0.25) is 0 Å². The molecule has 2 aromatic heterocycles. The highest BCUT2D eigenvalue weighted by Crippen LogP contribution is 2.14. The van der Waals surface area contributed by atoms with Gasteiger partial charge in [0, 0.05) is 26.0 Å². The molecule has 1 N–H and O–H groups in total. The molecule has 0 fully saturated rings. The number of hydrogen-bond donors (Lipinski definition) is 1. The van der Waals surface area contributed by atoms with Crippen molar-refractivity contribution in [3.8, 4) is 0 Å². The van der Waals surface area contributed by atoms with E-state index >= 15 is 0 Å². The van der Waals surface area contributed by atoms with Crippen LogP contribution in [0.5, 0.6) is 0 Å². The minimum Gasteiger partial charge on any atom is -0.369 e. The molecule has 0 saturated carbocycles. The zero-order valence-electron chi connectivity index (χ0n) is 11.2. The van der Waals surface area contributed by atoms with Crippen LogP contribution in [0.2, 0.25) is 0 Å². The molecule has 102 valence electrons. The third-order valence-corrected chi connectivity index (χ3v) is 3.44. The van der Waals surface area contributed by atoms with Crippen LogP contribution in [0.4, 0.5) is 0 Å². The van der Waals surface area contributed by atoms with Crippen LogP contribution in [-0.2, 0) is 31.5 Å². The van der Waals surface area contributed by atoms with Gasteiger partial charge in [0.05, 0.1) is 37.2 Å². The van der Waals surface area contributed by atoms with E-state index in [9.17, 15) is 0 Å². The SMILES string of the molecule is Cc1nnn2c1COC(CNCc1nccn1C)C2. The predicted molar refractivity (Wildman–Crippen MR) is 68.3 cm³/mol. The van der Waals surface area contributed by atoms with Crippen LogP contribution < -0.4 is 5.32 Å². The molecule has 0 spiro atoms. The fourth-order valence-corrected chi connectivity index (χ4v) is 2.22. The van der Waals surface area contributed by atoms with Gasteiger partial charge in [-0.05, 0) is 6.92 Å². The Bertz CT molecular complexity index is 560. The van der Waals surface area contributed by atoms with Gasteiger partial charge >= 0.3 is 0 Å². The summed E-state index contributed by atoms with van der Waals surface area (Å²) >= 11 is 0. The maximum atomic E-state index is 5.80. The summed E-state index contributed by atoms with van der Waals surface area (Å²) in [4.78, 5) is 4.27. The molecule has 0 aliphatic carbocycles. The Morgan fingerprint density at radius 2 is 2.42 bits per heavy atom. The summed E-state index contributed by atoms with van der Waals surface area (Å²) in [7, 11) is 1.99. The zero-order valence-corrected chi connectivity index (χ0v) is 11.2. The molecule has 1 unspecified atom stereocenters. The molecule has 0 bridgehead atoms. The molecule has 0 radical (unpaired) electrons. The van der Waals surface area contributed by atoms with Gasteiger partial charge in [-0.15, -0.1) is 5.10 Å². The Morgan fingerprint density at radius 1 is 1.53 bits per heavy atom. The average molecular weight is 262 g/mol. The van der Waals surface area contributed by atoms with Crippen LogP contribution in [0.1, 0.15) is 17.2 Å². The fourth-order valence-electron chi connectivity index (χ4n) is 2.22. The van der Waals surface area contributed by atoms with E-state index in [1.54, 1.807) is 6.20 Å². The first-order valence-corrected chi connectivity index (χ1v) is 6.41. The minimum atomic E-state index is 0.133. The highest BCUT2D eigenvalue weighted by molar-refractivity contribution is 5.08. The van der Waals surface area contributed by atoms with E-state index in [-0.39, 0.29) is 6.10 Å². The molecule has 1 aliphatic rings. The second kappa shape index (κ2) is 5.10. The third-order valence-electron chi connectivity index (χ3n) is 3.44. The number of fused-ring (bicyclic) bond motifs is 1. The number of rotatable bonds is 4. The number of aromatic nitrogens is 5. The lowest BCUT2D eigenvalue weighted by Gasteiger charge is -2.24. The third kappa shape index (κ3) is 2.52. The summed E-state index contributed by atoms with van der Waals surface area (Å²) in [6, 6.07) is 0. The second-order valence-corrected chi connectivity index (χ2v) is 4.82. The molecule has 0 aromatic carbocycles. The van der Waals surface area contributed by atoms with Gasteiger partial charge in [-0.1, -0.05) is 5.21 Å². The molecule has 0 amide bonds. The summed E-state index contributed by atoms with van der Waals surface area (Å²) < 4.78 is 9.75. The van der Waals surface area contributed by atoms with Gasteiger partial charge < -0.3 is 14.6 Å². The molecule has 0 saturated heterocycles. The fraction of sp³-hybridized carbons (Fsp3) is 0.583. The Labute approximate surface area is 111 Å². The summed E-state index contributed by atoms with van der Waals surface area (Å²) in [5, 5.41) is 11.6. The van der Waals surface area contributed by atoms with Crippen molar-refractivity contribution in [2.45, 2.75) is 32.7 Å². The summed E-state index contributed by atoms with van der Waals surface area (Å²) in [5.41, 5.74) is 2.04. The van der Waals surface area contributed by atoms with Gasteiger partial charge in [0.25, 0.3) is 0 Å². The predicted octanol–water partition coefficient (Wildman–Crippen LogP) is 0.00862. The van der Waals surface area contributed by atoms with Crippen molar-refractivity contribution in [2.75, 3.05) is 6.54 Å². The molecular weight excluding hydrogens is 244 g/mol. The van der Waals surface area contributed by atoms with Gasteiger partial charge in [0.1, 0.15) is 5.82 Å². The Hall–Kier alpha value is -1.73. The number of nitrogens with zero attached hydrogens (tertiary/aromatic N) is 5. The quantitative estimate of drug-likeness (QED) is 0.840. The van der Waals surface area contributed by atoms with Crippen molar-refractivity contribution < 1.29 is 4.74 Å². The van der Waals surface area contributed by atoms with E-state index in [0.717, 1.165) is 36.8 Å². The van der Waals surface area contributed by atoms with Crippen LogP contribution in [0.25, 0.3) is 0 Å². The smallest absolute Gasteiger partial charge is 0.122 e. The van der Waals surface area contributed by atoms with Crippen molar-refractivity contribution in [3.05, 3.63) is 29.6 Å². The molecular formula is C12H18N6O. The molecule has 1 aliphatic heterocycles. The van der Waals surface area contributed by atoms with Crippen LogP contribution in [0.15, 0.2) is 12.4 Å². The van der Waals surface area contributed by atoms with Gasteiger partial charge in [-0.3, -0.25) is 0 Å². The summed E-state index contributed by atoms with van der Waals surface area (Å²) in [6.45, 7) is 4.83. The first kappa shape index (κ1) is 12.3. The first-order valence-electron chi connectivity index (χ1n) is 6.41. The molecule has 7 nitrogen and oxygen atoms in total. The van der Waals surface area contributed by atoms with E-state index in [1.165, 1.54) is 0 Å². The number of nitrogens with one attached hydrogen (secondary N) is 1. The number of ether oxygens (including phenoxy) is 1. The number of hydrogen-bond acceptors (Lipinski definition) is 5. The van der Waals surface area contributed by atoms with E-state index in [4.69, 9.17) is 4.74 Å². The maximum absolute atomic E-state index is 5.80. The van der Waals surface area contributed by atoms with Crippen molar-refractivity contribution in [1.29, 1.82) is 0 Å². The van der Waals surface area contributed by atoms with Crippen molar-refractivity contribution in [2.24, 2.45) is 7.05 Å². The maximum Gasteiger partial charge on any atom is 0.122 e. The Morgan fingerprint density at radius 3 is 3.21 bits per heavy atom. The molecule has 7 heteroatoms. The van der Waals surface area contributed by atoms with E-state index in [2.05, 4.69) is 20.6 Å². The van der Waals surface area contributed by atoms with Crippen LogP contribution in [0, 0.1) is 6.92 Å². The number of imidazole rings is 1. The summed E-state index contributed by atoms with van der Waals surface area (Å²) in [6.07, 6.45) is 3.88. The minimum absolute atomic E-state index is 0.133. The lowest BCUT2D eigenvalue weighted by atomic mass is 10.2. The van der Waals surface area contributed by atoms with Crippen LogP contribution >= 0.6 is 0 Å². The highest BCUT2D eigenvalue weighted by Gasteiger charge is 2.21. The second-order valence-electron chi connectivity index (χ2n) is 4.82.